The van der Waals surface area contributed by atoms with E-state index < -0.39 is 10.0 Å². The summed E-state index contributed by atoms with van der Waals surface area (Å²) < 4.78 is 32.6. The number of rotatable bonds is 6. The summed E-state index contributed by atoms with van der Waals surface area (Å²) in [5, 5.41) is 2.97. The maximum Gasteiger partial charge on any atom is 0.258 e. The number of aryl methyl sites for hydroxylation is 2. The van der Waals surface area contributed by atoms with Crippen LogP contribution in [0, 0.1) is 20.8 Å². The maximum atomic E-state index is 12.7. The van der Waals surface area contributed by atoms with E-state index >= 15 is 0 Å². The van der Waals surface area contributed by atoms with Gasteiger partial charge in [0.25, 0.3) is 5.91 Å². The third kappa shape index (κ3) is 4.97. The van der Waals surface area contributed by atoms with E-state index in [-0.39, 0.29) is 18.6 Å². The van der Waals surface area contributed by atoms with Gasteiger partial charge in [-0.2, -0.15) is 4.31 Å². The molecule has 2 aromatic rings. The van der Waals surface area contributed by atoms with Crippen molar-refractivity contribution in [2.45, 2.75) is 44.6 Å². The number of sulfonamides is 1. The van der Waals surface area contributed by atoms with Crippen LogP contribution < -0.4 is 10.1 Å². The molecule has 1 aliphatic heterocycles. The van der Waals surface area contributed by atoms with Crippen molar-refractivity contribution in [1.29, 1.82) is 0 Å². The Morgan fingerprint density at radius 1 is 1.03 bits per heavy atom. The summed E-state index contributed by atoms with van der Waals surface area (Å²) in [5.41, 5.74) is 3.16. The molecule has 7 heteroatoms. The largest absolute Gasteiger partial charge is 0.483 e. The summed E-state index contributed by atoms with van der Waals surface area (Å²) in [5.74, 6) is 0.568. The zero-order chi connectivity index (χ0) is 21.0. The van der Waals surface area contributed by atoms with Crippen molar-refractivity contribution in [3.05, 3.63) is 59.2 Å². The van der Waals surface area contributed by atoms with Crippen LogP contribution in [0.2, 0.25) is 0 Å². The van der Waals surface area contributed by atoms with Crippen LogP contribution in [-0.2, 0) is 14.8 Å². The molecular formula is C22H28N2O4S. The molecule has 0 spiro atoms. The summed E-state index contributed by atoms with van der Waals surface area (Å²) in [7, 11) is -3.48. The van der Waals surface area contributed by atoms with E-state index in [9.17, 15) is 13.2 Å². The average Bonchev–Trinajstić information content (AvgIpc) is 2.72. The number of carbonyl (C=O) groups is 1. The third-order valence-corrected chi connectivity index (χ3v) is 7.33. The second kappa shape index (κ2) is 8.97. The fourth-order valence-corrected chi connectivity index (χ4v) is 5.03. The van der Waals surface area contributed by atoms with E-state index in [0.29, 0.717) is 30.8 Å². The van der Waals surface area contributed by atoms with Crippen LogP contribution in [0.4, 0.5) is 0 Å². The number of nitrogens with zero attached hydrogens (tertiary/aromatic N) is 1. The molecule has 156 valence electrons. The van der Waals surface area contributed by atoms with Crippen LogP contribution in [0.15, 0.2) is 47.4 Å². The summed E-state index contributed by atoms with van der Waals surface area (Å²) in [6.07, 6.45) is 1.17. The normalized spacial score (nSPS) is 15.8. The van der Waals surface area contributed by atoms with Gasteiger partial charge in [0.2, 0.25) is 10.0 Å². The molecule has 1 aliphatic rings. The quantitative estimate of drug-likeness (QED) is 0.786. The lowest BCUT2D eigenvalue weighted by molar-refractivity contribution is -0.124. The van der Waals surface area contributed by atoms with Crippen molar-refractivity contribution >= 4 is 15.9 Å². The van der Waals surface area contributed by atoms with Crippen LogP contribution >= 0.6 is 0 Å². The van der Waals surface area contributed by atoms with E-state index in [2.05, 4.69) is 5.32 Å². The van der Waals surface area contributed by atoms with Crippen LogP contribution in [-0.4, -0.2) is 44.4 Å². The molecule has 1 fully saturated rings. The summed E-state index contributed by atoms with van der Waals surface area (Å²) >= 11 is 0. The van der Waals surface area contributed by atoms with Gasteiger partial charge in [-0.3, -0.25) is 4.79 Å². The monoisotopic (exact) mass is 416 g/mol. The van der Waals surface area contributed by atoms with E-state index in [1.54, 1.807) is 30.3 Å². The number of ether oxygens (including phenoxy) is 1. The van der Waals surface area contributed by atoms with E-state index in [0.717, 1.165) is 22.4 Å². The number of hydrogen-bond acceptors (Lipinski definition) is 4. The average molecular weight is 417 g/mol. The molecule has 0 radical (unpaired) electrons. The van der Waals surface area contributed by atoms with Gasteiger partial charge in [0.15, 0.2) is 6.61 Å². The summed E-state index contributed by atoms with van der Waals surface area (Å²) in [6, 6.07) is 12.4. The molecule has 0 bridgehead atoms. The van der Waals surface area contributed by atoms with Gasteiger partial charge >= 0.3 is 0 Å². The van der Waals surface area contributed by atoms with Gasteiger partial charge in [-0.05, 0) is 62.4 Å². The maximum absolute atomic E-state index is 12.7. The molecule has 1 N–H and O–H groups in total. The molecule has 29 heavy (non-hydrogen) atoms. The highest BCUT2D eigenvalue weighted by atomic mass is 32.2. The molecule has 6 nitrogen and oxygen atoms in total. The number of benzene rings is 2. The Morgan fingerprint density at radius 3 is 2.31 bits per heavy atom. The van der Waals surface area contributed by atoms with E-state index in [1.807, 2.05) is 32.9 Å². The van der Waals surface area contributed by atoms with Crippen molar-refractivity contribution in [2.75, 3.05) is 19.7 Å². The van der Waals surface area contributed by atoms with Crippen molar-refractivity contribution in [1.82, 2.24) is 9.62 Å². The molecule has 1 saturated heterocycles. The molecule has 2 aromatic carbocycles. The number of hydrogen-bond donors (Lipinski definition) is 1. The Kier molecular flexibility index (Phi) is 6.59. The Balaban J connectivity index is 1.51. The first-order valence-electron chi connectivity index (χ1n) is 9.83. The van der Waals surface area contributed by atoms with Gasteiger partial charge in [0.1, 0.15) is 5.75 Å². The third-order valence-electron chi connectivity index (χ3n) is 5.42. The zero-order valence-electron chi connectivity index (χ0n) is 17.1. The minimum Gasteiger partial charge on any atom is -0.483 e. The van der Waals surface area contributed by atoms with Gasteiger partial charge in [0.05, 0.1) is 4.90 Å². The highest BCUT2D eigenvalue weighted by Crippen LogP contribution is 2.25. The second-order valence-electron chi connectivity index (χ2n) is 7.50. The molecule has 1 heterocycles. The predicted octanol–water partition coefficient (Wildman–Crippen LogP) is 2.96. The molecular weight excluding hydrogens is 388 g/mol. The lowest BCUT2D eigenvalue weighted by Crippen LogP contribution is -2.47. The van der Waals surface area contributed by atoms with Gasteiger partial charge in [-0.15, -0.1) is 0 Å². The molecule has 0 saturated carbocycles. The van der Waals surface area contributed by atoms with Crippen molar-refractivity contribution in [3.63, 3.8) is 0 Å². The van der Waals surface area contributed by atoms with E-state index in [1.165, 1.54) is 4.31 Å². The fraction of sp³-hybridized carbons (Fsp3) is 0.409. The van der Waals surface area contributed by atoms with Gasteiger partial charge in [-0.1, -0.05) is 30.3 Å². The Labute approximate surface area is 172 Å². The summed E-state index contributed by atoms with van der Waals surface area (Å²) in [4.78, 5) is 12.6. The zero-order valence-corrected chi connectivity index (χ0v) is 18.0. The second-order valence-corrected chi connectivity index (χ2v) is 9.44. The topological polar surface area (TPSA) is 75.7 Å². The predicted molar refractivity (Wildman–Crippen MR) is 113 cm³/mol. The van der Waals surface area contributed by atoms with Crippen LogP contribution in [0.1, 0.15) is 29.5 Å². The lowest BCUT2D eigenvalue weighted by Gasteiger charge is -2.31. The van der Waals surface area contributed by atoms with Crippen LogP contribution in [0.3, 0.4) is 0 Å². The Morgan fingerprint density at radius 2 is 1.66 bits per heavy atom. The fourth-order valence-electron chi connectivity index (χ4n) is 3.54. The Bertz CT molecular complexity index is 966. The standard InChI is InChI=1S/C22H28N2O4S/c1-16-9-10-17(2)22(18(16)3)28-15-21(25)23-19-11-13-24(14-12-19)29(26,27)20-7-5-4-6-8-20/h4-10,19H,11-15H2,1-3H3,(H,23,25). The number of amides is 1. The first-order valence-corrected chi connectivity index (χ1v) is 11.3. The number of carbonyl (C=O) groups excluding carboxylic acids is 1. The van der Waals surface area contributed by atoms with Crippen molar-refractivity contribution in [3.8, 4) is 5.75 Å². The molecule has 1 amide bonds. The lowest BCUT2D eigenvalue weighted by atomic mass is 10.1. The first-order chi connectivity index (χ1) is 13.8. The highest BCUT2D eigenvalue weighted by Gasteiger charge is 2.29. The molecule has 0 aromatic heterocycles. The smallest absolute Gasteiger partial charge is 0.258 e. The molecule has 0 atom stereocenters. The van der Waals surface area contributed by atoms with Crippen LogP contribution in [0.5, 0.6) is 5.75 Å². The molecule has 3 rings (SSSR count). The number of piperidine rings is 1. The van der Waals surface area contributed by atoms with Crippen molar-refractivity contribution < 1.29 is 17.9 Å². The van der Waals surface area contributed by atoms with Gasteiger partial charge < -0.3 is 10.1 Å². The van der Waals surface area contributed by atoms with Gasteiger partial charge in [0, 0.05) is 19.1 Å². The van der Waals surface area contributed by atoms with E-state index in [4.69, 9.17) is 4.74 Å². The van der Waals surface area contributed by atoms with Gasteiger partial charge in [-0.25, -0.2) is 8.42 Å². The minimum atomic E-state index is -3.48. The van der Waals surface area contributed by atoms with Crippen LogP contribution in [0.25, 0.3) is 0 Å². The summed E-state index contributed by atoms with van der Waals surface area (Å²) in [6.45, 7) is 6.69. The highest BCUT2D eigenvalue weighted by molar-refractivity contribution is 7.89. The molecule has 0 aliphatic carbocycles. The SMILES string of the molecule is Cc1ccc(C)c(OCC(=O)NC2CCN(S(=O)(=O)c3ccccc3)CC2)c1C. The first kappa shape index (κ1) is 21.3. The Hall–Kier alpha value is -2.38. The minimum absolute atomic E-state index is 0.0480. The molecule has 0 unspecified atom stereocenters. The number of nitrogens with one attached hydrogen (secondary N) is 1. The van der Waals surface area contributed by atoms with Crippen molar-refractivity contribution in [2.24, 2.45) is 0 Å².